The number of carbonyl (C=O) groups excluding carboxylic acids is 2. The Morgan fingerprint density at radius 1 is 1.32 bits per heavy atom. The van der Waals surface area contributed by atoms with Crippen molar-refractivity contribution in [1.82, 2.24) is 15.0 Å². The van der Waals surface area contributed by atoms with Crippen LogP contribution in [0.4, 0.5) is 0 Å². The third kappa shape index (κ3) is 2.76. The fourth-order valence-corrected chi connectivity index (χ4v) is 1.98. The van der Waals surface area contributed by atoms with E-state index in [1.807, 2.05) is 0 Å². The molecule has 0 radical (unpaired) electrons. The molecule has 1 aromatic carbocycles. The number of nitrogens with zero attached hydrogens (tertiary/aromatic N) is 3. The van der Waals surface area contributed by atoms with Gasteiger partial charge >= 0.3 is 5.97 Å². The van der Waals surface area contributed by atoms with Gasteiger partial charge in [0.15, 0.2) is 23.0 Å². The molecule has 1 aliphatic rings. The summed E-state index contributed by atoms with van der Waals surface area (Å²) in [6.07, 6.45) is 1.38. The number of ether oxygens (including phenoxy) is 3. The Morgan fingerprint density at radius 3 is 2.95 bits per heavy atom. The largest absolute Gasteiger partial charge is 0.461 e. The number of benzene rings is 1. The highest BCUT2D eigenvalue weighted by atomic mass is 16.7. The van der Waals surface area contributed by atoms with Crippen molar-refractivity contribution in [1.29, 1.82) is 0 Å². The average molecular weight is 303 g/mol. The second-order valence-electron chi connectivity index (χ2n) is 4.51. The number of esters is 1. The molecule has 2 aromatic rings. The molecule has 0 atom stereocenters. The first-order valence-corrected chi connectivity index (χ1v) is 6.67. The summed E-state index contributed by atoms with van der Waals surface area (Å²) in [4.78, 5) is 23.7. The summed E-state index contributed by atoms with van der Waals surface area (Å²) in [5, 5.41) is 7.43. The van der Waals surface area contributed by atoms with Gasteiger partial charge in [0.1, 0.15) is 6.54 Å². The number of ketones is 1. The Hall–Kier alpha value is -2.90. The van der Waals surface area contributed by atoms with Crippen LogP contribution in [-0.4, -0.2) is 40.1 Å². The van der Waals surface area contributed by atoms with Gasteiger partial charge in [-0.3, -0.25) is 4.79 Å². The van der Waals surface area contributed by atoms with E-state index in [0.29, 0.717) is 17.1 Å². The summed E-state index contributed by atoms with van der Waals surface area (Å²) in [7, 11) is 0. The summed E-state index contributed by atoms with van der Waals surface area (Å²) < 4.78 is 16.5. The van der Waals surface area contributed by atoms with Gasteiger partial charge in [-0.2, -0.15) is 0 Å². The summed E-state index contributed by atoms with van der Waals surface area (Å²) in [5.74, 6) is 0.404. The molecule has 0 saturated carbocycles. The Morgan fingerprint density at radius 2 is 2.14 bits per heavy atom. The maximum Gasteiger partial charge on any atom is 0.360 e. The van der Waals surface area contributed by atoms with Crippen molar-refractivity contribution in [3.8, 4) is 11.5 Å². The highest BCUT2D eigenvalue weighted by Crippen LogP contribution is 2.32. The monoisotopic (exact) mass is 303 g/mol. The summed E-state index contributed by atoms with van der Waals surface area (Å²) >= 11 is 0. The van der Waals surface area contributed by atoms with Gasteiger partial charge in [0.2, 0.25) is 6.79 Å². The van der Waals surface area contributed by atoms with Gasteiger partial charge in [0.05, 0.1) is 12.8 Å². The standard InChI is InChI=1S/C14H13N3O5/c1-2-20-14(19)10-6-17(16-15-10)7-11(18)9-3-4-12-13(5-9)22-8-21-12/h3-6H,2,7-8H2,1H3. The molecule has 0 amide bonds. The number of carbonyl (C=O) groups is 2. The molecule has 0 unspecified atom stereocenters. The first-order valence-electron chi connectivity index (χ1n) is 6.67. The second-order valence-corrected chi connectivity index (χ2v) is 4.51. The lowest BCUT2D eigenvalue weighted by molar-refractivity contribution is 0.0519. The summed E-state index contributed by atoms with van der Waals surface area (Å²) in [6, 6.07) is 4.95. The molecule has 3 rings (SSSR count). The molecule has 0 aliphatic carbocycles. The van der Waals surface area contributed by atoms with E-state index in [1.165, 1.54) is 10.9 Å². The Bertz CT molecular complexity index is 725. The van der Waals surface area contributed by atoms with Crippen LogP contribution in [0.15, 0.2) is 24.4 Å². The maximum atomic E-state index is 12.2. The molecule has 114 valence electrons. The molecule has 8 heteroatoms. The van der Waals surface area contributed by atoms with Crippen molar-refractivity contribution < 1.29 is 23.8 Å². The minimum atomic E-state index is -0.565. The van der Waals surface area contributed by atoms with E-state index in [2.05, 4.69) is 10.3 Å². The van der Waals surface area contributed by atoms with Crippen LogP contribution in [0.1, 0.15) is 27.8 Å². The first-order chi connectivity index (χ1) is 10.7. The van der Waals surface area contributed by atoms with Gasteiger partial charge in [-0.15, -0.1) is 5.10 Å². The van der Waals surface area contributed by atoms with E-state index in [4.69, 9.17) is 14.2 Å². The van der Waals surface area contributed by atoms with Gasteiger partial charge < -0.3 is 14.2 Å². The SMILES string of the molecule is CCOC(=O)c1cn(CC(=O)c2ccc3c(c2)OCO3)nn1. The van der Waals surface area contributed by atoms with Crippen LogP contribution in [0.2, 0.25) is 0 Å². The minimum absolute atomic E-state index is 0.0357. The number of Topliss-reactive ketones (excluding diaryl/α,β-unsaturated/α-hetero) is 1. The van der Waals surface area contributed by atoms with Crippen LogP contribution < -0.4 is 9.47 Å². The molecule has 0 saturated heterocycles. The van der Waals surface area contributed by atoms with Crippen LogP contribution in [0.3, 0.4) is 0 Å². The number of rotatable bonds is 5. The maximum absolute atomic E-state index is 12.2. The average Bonchev–Trinajstić information content (AvgIpc) is 3.15. The van der Waals surface area contributed by atoms with Crippen molar-refractivity contribution in [2.75, 3.05) is 13.4 Å². The smallest absolute Gasteiger partial charge is 0.360 e. The van der Waals surface area contributed by atoms with Crippen molar-refractivity contribution in [2.45, 2.75) is 13.5 Å². The van der Waals surface area contributed by atoms with Gasteiger partial charge in [0.25, 0.3) is 0 Å². The lowest BCUT2D eigenvalue weighted by Gasteiger charge is -2.02. The zero-order valence-electron chi connectivity index (χ0n) is 11.8. The van der Waals surface area contributed by atoms with Gasteiger partial charge in [-0.1, -0.05) is 5.21 Å². The quantitative estimate of drug-likeness (QED) is 0.602. The van der Waals surface area contributed by atoms with E-state index < -0.39 is 5.97 Å². The predicted molar refractivity (Wildman–Crippen MR) is 72.9 cm³/mol. The second kappa shape index (κ2) is 5.84. The Labute approximate surface area is 125 Å². The third-order valence-electron chi connectivity index (χ3n) is 3.02. The molecule has 1 aliphatic heterocycles. The van der Waals surface area contributed by atoms with Crippen LogP contribution in [-0.2, 0) is 11.3 Å². The van der Waals surface area contributed by atoms with Gasteiger partial charge in [0, 0.05) is 5.56 Å². The molecular formula is C14H13N3O5. The van der Waals surface area contributed by atoms with Crippen molar-refractivity contribution in [2.24, 2.45) is 0 Å². The summed E-state index contributed by atoms with van der Waals surface area (Å²) in [5.41, 5.74) is 0.540. The zero-order valence-corrected chi connectivity index (χ0v) is 11.8. The number of hydrogen-bond donors (Lipinski definition) is 0. The Kier molecular flexibility index (Phi) is 3.73. The van der Waals surface area contributed by atoms with Crippen LogP contribution in [0.25, 0.3) is 0 Å². The zero-order chi connectivity index (χ0) is 15.5. The molecule has 1 aromatic heterocycles. The van der Waals surface area contributed by atoms with Crippen LogP contribution in [0, 0.1) is 0 Å². The highest BCUT2D eigenvalue weighted by molar-refractivity contribution is 5.96. The highest BCUT2D eigenvalue weighted by Gasteiger charge is 2.18. The van der Waals surface area contributed by atoms with Gasteiger partial charge in [-0.05, 0) is 25.1 Å². The normalized spacial score (nSPS) is 12.2. The Balaban J connectivity index is 1.70. The summed E-state index contributed by atoms with van der Waals surface area (Å²) in [6.45, 7) is 2.07. The number of hydrogen-bond acceptors (Lipinski definition) is 7. The predicted octanol–water partition coefficient (Wildman–Crippen LogP) is 1.07. The molecule has 22 heavy (non-hydrogen) atoms. The lowest BCUT2D eigenvalue weighted by atomic mass is 10.1. The molecule has 0 spiro atoms. The van der Waals surface area contributed by atoms with E-state index in [-0.39, 0.29) is 31.4 Å². The molecule has 0 bridgehead atoms. The van der Waals surface area contributed by atoms with Gasteiger partial charge in [-0.25, -0.2) is 9.48 Å². The molecule has 8 nitrogen and oxygen atoms in total. The molecule has 0 N–H and O–H groups in total. The van der Waals surface area contributed by atoms with E-state index in [1.54, 1.807) is 25.1 Å². The number of aromatic nitrogens is 3. The third-order valence-corrected chi connectivity index (χ3v) is 3.02. The molecule has 2 heterocycles. The first kappa shape index (κ1) is 14.1. The lowest BCUT2D eigenvalue weighted by Crippen LogP contribution is -2.11. The van der Waals surface area contributed by atoms with Crippen molar-refractivity contribution in [3.63, 3.8) is 0 Å². The van der Waals surface area contributed by atoms with Crippen molar-refractivity contribution >= 4 is 11.8 Å². The molecule has 0 fully saturated rings. The van der Waals surface area contributed by atoms with Crippen molar-refractivity contribution in [3.05, 3.63) is 35.7 Å². The molecular weight excluding hydrogens is 290 g/mol. The number of fused-ring (bicyclic) bond motifs is 1. The van der Waals surface area contributed by atoms with E-state index >= 15 is 0 Å². The van der Waals surface area contributed by atoms with Crippen LogP contribution in [0.5, 0.6) is 11.5 Å². The van der Waals surface area contributed by atoms with Crippen LogP contribution >= 0.6 is 0 Å². The topological polar surface area (TPSA) is 92.5 Å². The van der Waals surface area contributed by atoms with E-state index in [9.17, 15) is 9.59 Å². The fraction of sp³-hybridized carbons (Fsp3) is 0.286. The minimum Gasteiger partial charge on any atom is -0.461 e. The fourth-order valence-electron chi connectivity index (χ4n) is 1.98. The van der Waals surface area contributed by atoms with E-state index in [0.717, 1.165) is 0 Å².